The molecule has 2 heteroatoms. The molecule has 0 bridgehead atoms. The fourth-order valence-electron chi connectivity index (χ4n) is 1.89. The maximum atomic E-state index is 5.96. The van der Waals surface area contributed by atoms with Crippen LogP contribution >= 0.6 is 0 Å². The van der Waals surface area contributed by atoms with Gasteiger partial charge in [0.15, 0.2) is 0 Å². The lowest BCUT2D eigenvalue weighted by Crippen LogP contribution is -2.70. The number of rotatable bonds is 2. The highest BCUT2D eigenvalue weighted by atomic mass is 15.3. The summed E-state index contributed by atoms with van der Waals surface area (Å²) in [5.41, 5.74) is 7.49. The SMILES string of the molecule is CC1(C)C(N)CN1Cc1ccccc1. The van der Waals surface area contributed by atoms with Crippen LogP contribution in [0.4, 0.5) is 0 Å². The lowest BCUT2D eigenvalue weighted by Gasteiger charge is -2.53. The van der Waals surface area contributed by atoms with Crippen LogP contribution in [0.3, 0.4) is 0 Å². The second-order valence-electron chi connectivity index (χ2n) is 4.63. The van der Waals surface area contributed by atoms with Crippen molar-refractivity contribution in [3.8, 4) is 0 Å². The summed E-state index contributed by atoms with van der Waals surface area (Å²) in [6.07, 6.45) is 0. The van der Waals surface area contributed by atoms with Gasteiger partial charge in [0.1, 0.15) is 0 Å². The van der Waals surface area contributed by atoms with Gasteiger partial charge >= 0.3 is 0 Å². The van der Waals surface area contributed by atoms with E-state index in [9.17, 15) is 0 Å². The molecule has 2 N–H and O–H groups in total. The molecule has 0 aliphatic carbocycles. The molecule has 0 radical (unpaired) electrons. The molecule has 2 rings (SSSR count). The number of nitrogens with two attached hydrogens (primary N) is 1. The Morgan fingerprint density at radius 3 is 2.50 bits per heavy atom. The Balaban J connectivity index is 2.01. The van der Waals surface area contributed by atoms with Crippen LogP contribution in [0.15, 0.2) is 30.3 Å². The van der Waals surface area contributed by atoms with Gasteiger partial charge in [-0.3, -0.25) is 4.90 Å². The van der Waals surface area contributed by atoms with Gasteiger partial charge in [0.05, 0.1) is 0 Å². The molecule has 0 aromatic heterocycles. The van der Waals surface area contributed by atoms with E-state index < -0.39 is 0 Å². The minimum Gasteiger partial charge on any atom is -0.325 e. The van der Waals surface area contributed by atoms with Gasteiger partial charge in [-0.25, -0.2) is 0 Å². The maximum absolute atomic E-state index is 5.96. The van der Waals surface area contributed by atoms with Crippen LogP contribution in [-0.4, -0.2) is 23.0 Å². The Bertz CT molecular complexity index is 305. The number of hydrogen-bond donors (Lipinski definition) is 1. The van der Waals surface area contributed by atoms with Crippen molar-refractivity contribution in [3.63, 3.8) is 0 Å². The molecule has 1 unspecified atom stereocenters. The molecule has 1 fully saturated rings. The summed E-state index contributed by atoms with van der Waals surface area (Å²) in [6, 6.07) is 10.9. The average Bonchev–Trinajstić information content (AvgIpc) is 2.19. The Morgan fingerprint density at radius 1 is 1.36 bits per heavy atom. The van der Waals surface area contributed by atoms with E-state index in [1.807, 2.05) is 0 Å². The normalized spacial score (nSPS) is 25.8. The quantitative estimate of drug-likeness (QED) is 0.767. The molecule has 76 valence electrons. The van der Waals surface area contributed by atoms with Gasteiger partial charge in [-0.2, -0.15) is 0 Å². The van der Waals surface area contributed by atoms with Crippen molar-refractivity contribution < 1.29 is 0 Å². The van der Waals surface area contributed by atoms with E-state index in [1.165, 1.54) is 5.56 Å². The maximum Gasteiger partial charge on any atom is 0.0350 e. The molecule has 1 aromatic carbocycles. The lowest BCUT2D eigenvalue weighted by atomic mass is 9.83. The first-order valence-corrected chi connectivity index (χ1v) is 5.15. The van der Waals surface area contributed by atoms with Crippen molar-refractivity contribution >= 4 is 0 Å². The van der Waals surface area contributed by atoms with E-state index in [0.717, 1.165) is 13.1 Å². The number of hydrogen-bond acceptors (Lipinski definition) is 2. The molecule has 14 heavy (non-hydrogen) atoms. The zero-order chi connectivity index (χ0) is 10.2. The van der Waals surface area contributed by atoms with Gasteiger partial charge in [0.25, 0.3) is 0 Å². The lowest BCUT2D eigenvalue weighted by molar-refractivity contribution is -0.0173. The number of likely N-dealkylation sites (tertiary alicyclic amines) is 1. The molecule has 0 amide bonds. The third-order valence-corrected chi connectivity index (χ3v) is 3.36. The number of benzene rings is 1. The fourth-order valence-corrected chi connectivity index (χ4v) is 1.89. The second-order valence-corrected chi connectivity index (χ2v) is 4.63. The molecule has 1 heterocycles. The van der Waals surface area contributed by atoms with E-state index in [1.54, 1.807) is 0 Å². The first-order chi connectivity index (χ1) is 6.60. The largest absolute Gasteiger partial charge is 0.325 e. The van der Waals surface area contributed by atoms with Gasteiger partial charge in [0.2, 0.25) is 0 Å². The molecular formula is C12H18N2. The van der Waals surface area contributed by atoms with Gasteiger partial charge in [-0.1, -0.05) is 30.3 Å². The Kier molecular flexibility index (Phi) is 2.33. The van der Waals surface area contributed by atoms with Gasteiger partial charge in [-0.15, -0.1) is 0 Å². The first kappa shape index (κ1) is 9.69. The summed E-state index contributed by atoms with van der Waals surface area (Å²) in [7, 11) is 0. The van der Waals surface area contributed by atoms with Crippen molar-refractivity contribution in [2.75, 3.05) is 6.54 Å². The summed E-state index contributed by atoms with van der Waals surface area (Å²) in [5, 5.41) is 0. The minimum absolute atomic E-state index is 0.163. The zero-order valence-electron chi connectivity index (χ0n) is 8.90. The predicted octanol–water partition coefficient (Wildman–Crippen LogP) is 1.61. The van der Waals surface area contributed by atoms with Crippen LogP contribution in [0.2, 0.25) is 0 Å². The van der Waals surface area contributed by atoms with E-state index in [2.05, 4.69) is 49.1 Å². The molecule has 1 aliphatic heterocycles. The second kappa shape index (κ2) is 3.37. The molecule has 1 aliphatic rings. The van der Waals surface area contributed by atoms with E-state index in [0.29, 0.717) is 6.04 Å². The average molecular weight is 190 g/mol. The fraction of sp³-hybridized carbons (Fsp3) is 0.500. The van der Waals surface area contributed by atoms with Crippen LogP contribution in [0.5, 0.6) is 0 Å². The Morgan fingerprint density at radius 2 is 2.00 bits per heavy atom. The smallest absolute Gasteiger partial charge is 0.0350 e. The van der Waals surface area contributed by atoms with Crippen molar-refractivity contribution in [2.45, 2.75) is 32.0 Å². The van der Waals surface area contributed by atoms with Crippen LogP contribution in [0.25, 0.3) is 0 Å². The molecule has 0 spiro atoms. The summed E-state index contributed by atoms with van der Waals surface area (Å²) < 4.78 is 0. The van der Waals surface area contributed by atoms with Crippen molar-refractivity contribution in [1.82, 2.24) is 4.90 Å². The summed E-state index contributed by atoms with van der Waals surface area (Å²) >= 11 is 0. The van der Waals surface area contributed by atoms with Crippen molar-refractivity contribution in [1.29, 1.82) is 0 Å². The number of nitrogens with zero attached hydrogens (tertiary/aromatic N) is 1. The topological polar surface area (TPSA) is 29.3 Å². The monoisotopic (exact) mass is 190 g/mol. The van der Waals surface area contributed by atoms with Crippen molar-refractivity contribution in [2.24, 2.45) is 5.73 Å². The van der Waals surface area contributed by atoms with Gasteiger partial charge in [0, 0.05) is 24.7 Å². The van der Waals surface area contributed by atoms with E-state index in [4.69, 9.17) is 5.73 Å². The van der Waals surface area contributed by atoms with E-state index >= 15 is 0 Å². The van der Waals surface area contributed by atoms with Crippen LogP contribution in [0.1, 0.15) is 19.4 Å². The van der Waals surface area contributed by atoms with Crippen LogP contribution in [0, 0.1) is 0 Å². The summed E-state index contributed by atoms with van der Waals surface area (Å²) in [5.74, 6) is 0. The summed E-state index contributed by atoms with van der Waals surface area (Å²) in [4.78, 5) is 2.42. The van der Waals surface area contributed by atoms with Gasteiger partial charge in [-0.05, 0) is 19.4 Å². The minimum atomic E-state index is 0.163. The van der Waals surface area contributed by atoms with Crippen molar-refractivity contribution in [3.05, 3.63) is 35.9 Å². The highest BCUT2D eigenvalue weighted by Crippen LogP contribution is 2.30. The zero-order valence-corrected chi connectivity index (χ0v) is 8.90. The standard InChI is InChI=1S/C12H18N2/c1-12(2)11(13)9-14(12)8-10-6-4-3-5-7-10/h3-7,11H,8-9,13H2,1-2H3. The van der Waals surface area contributed by atoms with Crippen LogP contribution in [-0.2, 0) is 6.54 Å². The highest BCUT2D eigenvalue weighted by molar-refractivity contribution is 5.16. The van der Waals surface area contributed by atoms with Gasteiger partial charge < -0.3 is 5.73 Å². The molecule has 0 saturated carbocycles. The summed E-state index contributed by atoms with van der Waals surface area (Å²) in [6.45, 7) is 6.46. The predicted molar refractivity (Wildman–Crippen MR) is 58.9 cm³/mol. The molecule has 2 nitrogen and oxygen atoms in total. The third-order valence-electron chi connectivity index (χ3n) is 3.36. The van der Waals surface area contributed by atoms with Crippen LogP contribution < -0.4 is 5.73 Å². The Hall–Kier alpha value is -0.860. The third kappa shape index (κ3) is 1.56. The molecular weight excluding hydrogens is 172 g/mol. The molecule has 1 aromatic rings. The molecule has 1 atom stereocenters. The van der Waals surface area contributed by atoms with E-state index in [-0.39, 0.29) is 5.54 Å². The Labute approximate surface area is 85.7 Å². The molecule has 1 saturated heterocycles. The highest BCUT2D eigenvalue weighted by Gasteiger charge is 2.43. The first-order valence-electron chi connectivity index (χ1n) is 5.15.